The van der Waals surface area contributed by atoms with E-state index in [4.69, 9.17) is 9.90 Å². The minimum absolute atomic E-state index is 0.188. The van der Waals surface area contributed by atoms with Crippen LogP contribution in [0, 0.1) is 0 Å². The number of aliphatic carboxylic acids is 1. The summed E-state index contributed by atoms with van der Waals surface area (Å²) in [4.78, 5) is 9.00. The molecular weight excluding hydrogens is 233 g/mol. The number of rotatable bonds is 0. The van der Waals surface area contributed by atoms with E-state index in [0.29, 0.717) is 0 Å². The fraction of sp³-hybridized carbons (Fsp3) is 0.417. The highest BCUT2D eigenvalue weighted by molar-refractivity contribution is 5.62. The van der Waals surface area contributed by atoms with E-state index in [2.05, 4.69) is 0 Å². The van der Waals surface area contributed by atoms with Gasteiger partial charge in [0, 0.05) is 13.8 Å². The Labute approximate surface area is 100 Å². The first-order valence-electron chi connectivity index (χ1n) is 4.99. The molecule has 0 aliphatic heterocycles. The summed E-state index contributed by atoms with van der Waals surface area (Å²) in [6, 6.07) is 12.0. The third-order valence-electron chi connectivity index (χ3n) is 0.667. The number of hydrogen-bond acceptors (Lipinski definition) is 1. The molecule has 0 aliphatic rings. The van der Waals surface area contributed by atoms with Crippen molar-refractivity contribution in [1.29, 1.82) is 0 Å². The molecule has 0 saturated carbocycles. The molecule has 0 radical (unpaired) electrons. The molecule has 0 heterocycles. The number of benzene rings is 1. The van der Waals surface area contributed by atoms with Crippen molar-refractivity contribution in [3.8, 4) is 0 Å². The molecule has 2 nitrogen and oxygen atoms in total. The summed E-state index contributed by atoms with van der Waals surface area (Å²) in [6.45, 7) is 5.27. The highest BCUT2D eigenvalue weighted by atomic mass is 19.4. The second-order valence-electron chi connectivity index (χ2n) is 2.45. The lowest BCUT2D eigenvalue weighted by atomic mass is 10.4. The van der Waals surface area contributed by atoms with E-state index in [1.54, 1.807) is 0 Å². The van der Waals surface area contributed by atoms with Crippen LogP contribution in [0.3, 0.4) is 0 Å². The molecule has 0 fully saturated rings. The Morgan fingerprint density at radius 3 is 1.06 bits per heavy atom. The van der Waals surface area contributed by atoms with Crippen molar-refractivity contribution in [1.82, 2.24) is 0 Å². The summed E-state index contributed by atoms with van der Waals surface area (Å²) in [5.74, 6) is -0.833. The largest absolute Gasteiger partial charge is 0.481 e. The topological polar surface area (TPSA) is 37.3 Å². The number of halogens is 3. The van der Waals surface area contributed by atoms with Gasteiger partial charge in [0.2, 0.25) is 0 Å². The monoisotopic (exact) mass is 252 g/mol. The predicted molar refractivity (Wildman–Crippen MR) is 62.8 cm³/mol. The van der Waals surface area contributed by atoms with Crippen molar-refractivity contribution < 1.29 is 23.1 Å². The lowest BCUT2D eigenvalue weighted by molar-refractivity contribution is -0.134. The standard InChI is InChI=1S/C6H6.C2H3F3.C2H4O2.C2H6/c1-2-4-6-5-3-1;1-2(3,4)5;1-2(3)4;1-2/h1-6H;1H3;1H3,(H,3,4);1-2H3. The molecule has 1 aromatic carbocycles. The summed E-state index contributed by atoms with van der Waals surface area (Å²) in [7, 11) is 0. The van der Waals surface area contributed by atoms with Crippen molar-refractivity contribution in [2.45, 2.75) is 33.9 Å². The quantitative estimate of drug-likeness (QED) is 0.744. The predicted octanol–water partition coefficient (Wildman–Crippen LogP) is 4.37. The van der Waals surface area contributed by atoms with Gasteiger partial charge in [-0.05, 0) is 0 Å². The van der Waals surface area contributed by atoms with Gasteiger partial charge in [-0.1, -0.05) is 50.2 Å². The first kappa shape index (κ1) is 20.8. The average Bonchev–Trinajstić information content (AvgIpc) is 2.20. The third kappa shape index (κ3) is 112. The second-order valence-corrected chi connectivity index (χ2v) is 2.45. The Morgan fingerprint density at radius 2 is 1.00 bits per heavy atom. The Morgan fingerprint density at radius 1 is 0.941 bits per heavy atom. The van der Waals surface area contributed by atoms with Gasteiger partial charge in [-0.15, -0.1) is 0 Å². The molecule has 0 aromatic heterocycles. The van der Waals surface area contributed by atoms with Crippen LogP contribution < -0.4 is 0 Å². The fourth-order valence-electron chi connectivity index (χ4n) is 0.385. The van der Waals surface area contributed by atoms with E-state index >= 15 is 0 Å². The Hall–Kier alpha value is -1.52. The van der Waals surface area contributed by atoms with Crippen LogP contribution in [-0.2, 0) is 4.79 Å². The van der Waals surface area contributed by atoms with Crippen LogP contribution in [0.1, 0.15) is 27.7 Å². The molecule has 0 atom stereocenters. The molecule has 0 aliphatic carbocycles. The molecule has 1 N–H and O–H groups in total. The molecule has 0 bridgehead atoms. The molecule has 1 rings (SSSR count). The minimum Gasteiger partial charge on any atom is -0.481 e. The van der Waals surface area contributed by atoms with Crippen molar-refractivity contribution in [2.75, 3.05) is 0 Å². The number of alkyl halides is 3. The van der Waals surface area contributed by atoms with Gasteiger partial charge in [0.05, 0.1) is 0 Å². The summed E-state index contributed by atoms with van der Waals surface area (Å²) in [6.07, 6.45) is -4.00. The van der Waals surface area contributed by atoms with Crippen LogP contribution in [0.4, 0.5) is 13.2 Å². The minimum atomic E-state index is -4.00. The maximum Gasteiger partial charge on any atom is 0.386 e. The Bertz CT molecular complexity index is 209. The first-order chi connectivity index (χ1) is 7.73. The summed E-state index contributed by atoms with van der Waals surface area (Å²) >= 11 is 0. The highest BCUT2D eigenvalue weighted by Gasteiger charge is 2.15. The van der Waals surface area contributed by atoms with E-state index in [1.165, 1.54) is 0 Å². The number of hydrogen-bond donors (Lipinski definition) is 1. The van der Waals surface area contributed by atoms with Gasteiger partial charge in [0.1, 0.15) is 0 Å². The van der Waals surface area contributed by atoms with Crippen LogP contribution in [0.15, 0.2) is 36.4 Å². The van der Waals surface area contributed by atoms with Crippen molar-refractivity contribution >= 4 is 5.97 Å². The van der Waals surface area contributed by atoms with Crippen LogP contribution in [-0.4, -0.2) is 17.3 Å². The zero-order valence-corrected chi connectivity index (χ0v) is 10.5. The maximum absolute atomic E-state index is 10.4. The van der Waals surface area contributed by atoms with E-state index in [0.717, 1.165) is 6.92 Å². The van der Waals surface area contributed by atoms with Gasteiger partial charge in [-0.25, -0.2) is 0 Å². The Kier molecular flexibility index (Phi) is 17.8. The van der Waals surface area contributed by atoms with Crippen molar-refractivity contribution in [3.63, 3.8) is 0 Å². The zero-order chi connectivity index (χ0) is 14.3. The highest BCUT2D eigenvalue weighted by Crippen LogP contribution is 2.10. The van der Waals surface area contributed by atoms with Gasteiger partial charge in [0.15, 0.2) is 0 Å². The van der Waals surface area contributed by atoms with E-state index in [-0.39, 0.29) is 6.92 Å². The van der Waals surface area contributed by atoms with E-state index in [1.807, 2.05) is 50.2 Å². The molecule has 0 spiro atoms. The van der Waals surface area contributed by atoms with Crippen molar-refractivity contribution in [2.24, 2.45) is 0 Å². The van der Waals surface area contributed by atoms with Gasteiger partial charge >= 0.3 is 6.18 Å². The summed E-state index contributed by atoms with van der Waals surface area (Å²) < 4.78 is 31.1. The first-order valence-corrected chi connectivity index (χ1v) is 4.99. The van der Waals surface area contributed by atoms with Gasteiger partial charge < -0.3 is 5.11 Å². The molecule has 0 unspecified atom stereocenters. The number of carboxylic acid groups (broad SMARTS) is 1. The van der Waals surface area contributed by atoms with E-state index in [9.17, 15) is 13.2 Å². The molecule has 100 valence electrons. The summed E-state index contributed by atoms with van der Waals surface area (Å²) in [5.41, 5.74) is 0. The lowest BCUT2D eigenvalue weighted by Crippen LogP contribution is -1.95. The molecular formula is C12H19F3O2. The molecule has 17 heavy (non-hydrogen) atoms. The van der Waals surface area contributed by atoms with Crippen LogP contribution >= 0.6 is 0 Å². The molecule has 0 amide bonds. The molecule has 0 saturated heterocycles. The maximum atomic E-state index is 10.4. The van der Waals surface area contributed by atoms with Crippen LogP contribution in [0.5, 0.6) is 0 Å². The second kappa shape index (κ2) is 14.5. The smallest absolute Gasteiger partial charge is 0.386 e. The third-order valence-corrected chi connectivity index (χ3v) is 0.667. The fourth-order valence-corrected chi connectivity index (χ4v) is 0.385. The Balaban J connectivity index is -0.000000165. The number of carbonyl (C=O) groups is 1. The average molecular weight is 252 g/mol. The van der Waals surface area contributed by atoms with Gasteiger partial charge in [0.25, 0.3) is 5.97 Å². The van der Waals surface area contributed by atoms with E-state index < -0.39 is 12.1 Å². The van der Waals surface area contributed by atoms with Crippen molar-refractivity contribution in [3.05, 3.63) is 36.4 Å². The van der Waals surface area contributed by atoms with Gasteiger partial charge in [-0.3, -0.25) is 4.79 Å². The number of carboxylic acids is 1. The molecule has 1 aromatic rings. The normalized spacial score (nSPS) is 8.18. The SMILES string of the molecule is CC.CC(=O)O.CC(F)(F)F.c1ccccc1. The lowest BCUT2D eigenvalue weighted by Gasteiger charge is -1.88. The van der Waals surface area contributed by atoms with Gasteiger partial charge in [-0.2, -0.15) is 13.2 Å². The zero-order valence-electron chi connectivity index (χ0n) is 10.5. The van der Waals surface area contributed by atoms with Crippen LogP contribution in [0.2, 0.25) is 0 Å². The summed E-state index contributed by atoms with van der Waals surface area (Å²) in [5, 5.41) is 7.42. The van der Waals surface area contributed by atoms with Crippen LogP contribution in [0.25, 0.3) is 0 Å². The molecule has 5 heteroatoms.